The van der Waals surface area contributed by atoms with Crippen LogP contribution in [0.1, 0.15) is 18.1 Å². The van der Waals surface area contributed by atoms with Crippen LogP contribution in [0.5, 0.6) is 0 Å². The summed E-state index contributed by atoms with van der Waals surface area (Å²) in [5, 5.41) is 7.39. The molecule has 1 aromatic rings. The van der Waals surface area contributed by atoms with Crippen molar-refractivity contribution in [2.45, 2.75) is 26.7 Å². The normalized spacial score (nSPS) is 11.6. The maximum atomic E-state index is 12.6. The highest BCUT2D eigenvalue weighted by Crippen LogP contribution is 2.06. The van der Waals surface area contributed by atoms with Crippen molar-refractivity contribution in [2.75, 3.05) is 0 Å². The predicted octanol–water partition coefficient (Wildman–Crippen LogP) is 1.89. The largest absolute Gasteiger partial charge is 0.364 e. The van der Waals surface area contributed by atoms with E-state index in [0.29, 0.717) is 6.54 Å². The summed E-state index contributed by atoms with van der Waals surface area (Å²) in [6.07, 6.45) is -1.67. The highest BCUT2D eigenvalue weighted by molar-refractivity contribution is 5.23. The zero-order valence-corrected chi connectivity index (χ0v) is 8.30. The molecule has 0 aromatic heterocycles. The van der Waals surface area contributed by atoms with E-state index in [1.165, 1.54) is 12.1 Å². The molecule has 1 rings (SSSR count). The predicted molar refractivity (Wildman–Crippen MR) is 51.8 cm³/mol. The topological polar surface area (TPSA) is 46.2 Å². The van der Waals surface area contributed by atoms with Crippen molar-refractivity contribution in [3.8, 4) is 0 Å². The number of alkyl halides is 1. The smallest absolute Gasteiger partial charge is 0.193 e. The van der Waals surface area contributed by atoms with Crippen molar-refractivity contribution in [2.24, 2.45) is 5.73 Å². The Morgan fingerprint density at radius 3 is 2.29 bits per heavy atom. The van der Waals surface area contributed by atoms with Crippen molar-refractivity contribution in [1.29, 1.82) is 0 Å². The van der Waals surface area contributed by atoms with Gasteiger partial charge in [-0.3, -0.25) is 0 Å². The summed E-state index contributed by atoms with van der Waals surface area (Å²) in [5.74, 6) is -0.208. The van der Waals surface area contributed by atoms with E-state index in [2.05, 4.69) is 0 Å². The highest BCUT2D eigenvalue weighted by atomic mass is 19.1. The maximum absolute atomic E-state index is 12.6. The molecule has 0 saturated carbocycles. The molecule has 3 N–H and O–H groups in total. The Kier molecular flexibility index (Phi) is 5.99. The lowest BCUT2D eigenvalue weighted by atomic mass is 10.1. The minimum absolute atomic E-state index is 0.208. The van der Waals surface area contributed by atoms with Crippen LogP contribution in [0, 0.1) is 12.7 Å². The van der Waals surface area contributed by atoms with Crippen LogP contribution in [0.4, 0.5) is 8.78 Å². The number of aryl methyl sites for hydroxylation is 1. The Bertz CT molecular complexity index is 254. The Labute approximate surface area is 82.4 Å². The molecule has 0 aliphatic heterocycles. The van der Waals surface area contributed by atoms with Crippen LogP contribution in [0.15, 0.2) is 18.2 Å². The Morgan fingerprint density at radius 1 is 1.43 bits per heavy atom. The van der Waals surface area contributed by atoms with Gasteiger partial charge in [0.05, 0.1) is 0 Å². The number of hydrogen-bond acceptors (Lipinski definition) is 2. The molecule has 14 heavy (non-hydrogen) atoms. The summed E-state index contributed by atoms with van der Waals surface area (Å²) in [5.41, 5.74) is 7.08. The summed E-state index contributed by atoms with van der Waals surface area (Å²) < 4.78 is 23.1. The quantitative estimate of drug-likeness (QED) is 0.732. The van der Waals surface area contributed by atoms with Crippen LogP contribution in [-0.2, 0) is 6.54 Å². The van der Waals surface area contributed by atoms with Crippen LogP contribution in [0.3, 0.4) is 0 Å². The highest BCUT2D eigenvalue weighted by Gasteiger charge is 1.94. The van der Waals surface area contributed by atoms with Gasteiger partial charge in [0.15, 0.2) is 6.36 Å². The van der Waals surface area contributed by atoms with Gasteiger partial charge in [-0.05, 0) is 37.1 Å². The number of rotatable bonds is 1. The van der Waals surface area contributed by atoms with Crippen molar-refractivity contribution >= 4 is 0 Å². The molecule has 1 aromatic carbocycles. The van der Waals surface area contributed by atoms with Gasteiger partial charge < -0.3 is 10.8 Å². The molecular formula is C10H15F2NO. The minimum Gasteiger partial charge on any atom is -0.364 e. The average Bonchev–Trinajstić information content (AvgIpc) is 2.01. The second kappa shape index (κ2) is 6.45. The van der Waals surface area contributed by atoms with Gasteiger partial charge >= 0.3 is 0 Å². The molecule has 0 fully saturated rings. The monoisotopic (exact) mass is 203 g/mol. The number of hydrogen-bond donors (Lipinski definition) is 2. The number of benzene rings is 1. The summed E-state index contributed by atoms with van der Waals surface area (Å²) in [4.78, 5) is 0. The number of nitrogens with two attached hydrogens (primary N) is 1. The zero-order valence-electron chi connectivity index (χ0n) is 8.30. The van der Waals surface area contributed by atoms with Crippen molar-refractivity contribution < 1.29 is 13.9 Å². The summed E-state index contributed by atoms with van der Waals surface area (Å²) in [7, 11) is 0. The van der Waals surface area contributed by atoms with Crippen LogP contribution in [0.2, 0.25) is 0 Å². The lowest BCUT2D eigenvalue weighted by molar-refractivity contribution is 0.0607. The van der Waals surface area contributed by atoms with Gasteiger partial charge in [0.2, 0.25) is 0 Å². The molecule has 0 aliphatic carbocycles. The van der Waals surface area contributed by atoms with Crippen LogP contribution < -0.4 is 5.73 Å². The van der Waals surface area contributed by atoms with Gasteiger partial charge in [0.25, 0.3) is 0 Å². The van der Waals surface area contributed by atoms with Gasteiger partial charge in [0.1, 0.15) is 5.82 Å². The first-order valence-corrected chi connectivity index (χ1v) is 4.24. The lowest BCUT2D eigenvalue weighted by Gasteiger charge is -1.97. The van der Waals surface area contributed by atoms with E-state index >= 15 is 0 Å². The molecule has 0 spiro atoms. The molecule has 1 atom stereocenters. The van der Waals surface area contributed by atoms with E-state index in [-0.39, 0.29) is 5.82 Å². The van der Waals surface area contributed by atoms with E-state index in [1.54, 1.807) is 0 Å². The van der Waals surface area contributed by atoms with Crippen molar-refractivity contribution in [3.63, 3.8) is 0 Å². The van der Waals surface area contributed by atoms with Gasteiger partial charge in [-0.1, -0.05) is 6.07 Å². The van der Waals surface area contributed by atoms with Crippen molar-refractivity contribution in [3.05, 3.63) is 35.1 Å². The Morgan fingerprint density at radius 2 is 1.93 bits per heavy atom. The maximum Gasteiger partial charge on any atom is 0.193 e. The summed E-state index contributed by atoms with van der Waals surface area (Å²) in [6, 6.07) is 4.81. The molecule has 0 saturated heterocycles. The third-order valence-corrected chi connectivity index (χ3v) is 1.34. The first-order chi connectivity index (χ1) is 6.45. The summed E-state index contributed by atoms with van der Waals surface area (Å²) >= 11 is 0. The third kappa shape index (κ3) is 6.51. The third-order valence-electron chi connectivity index (χ3n) is 1.34. The molecular weight excluding hydrogens is 188 g/mol. The molecule has 80 valence electrons. The average molecular weight is 203 g/mol. The van der Waals surface area contributed by atoms with E-state index in [9.17, 15) is 8.78 Å². The Balaban J connectivity index is 0.000000364. The van der Waals surface area contributed by atoms with Crippen LogP contribution >= 0.6 is 0 Å². The van der Waals surface area contributed by atoms with E-state index in [0.717, 1.165) is 18.1 Å². The van der Waals surface area contributed by atoms with Crippen molar-refractivity contribution in [1.82, 2.24) is 0 Å². The van der Waals surface area contributed by atoms with E-state index < -0.39 is 6.36 Å². The summed E-state index contributed by atoms with van der Waals surface area (Å²) in [6.45, 7) is 3.31. The molecule has 2 nitrogen and oxygen atoms in total. The molecule has 1 unspecified atom stereocenters. The number of aliphatic hydroxyl groups excluding tert-OH is 1. The van der Waals surface area contributed by atoms with Gasteiger partial charge in [-0.2, -0.15) is 0 Å². The van der Waals surface area contributed by atoms with Crippen LogP contribution in [0.25, 0.3) is 0 Å². The Hall–Kier alpha value is -1.00. The first kappa shape index (κ1) is 13.0. The molecule has 0 heterocycles. The van der Waals surface area contributed by atoms with Gasteiger partial charge in [0, 0.05) is 6.54 Å². The van der Waals surface area contributed by atoms with E-state index in [4.69, 9.17) is 10.8 Å². The fourth-order valence-electron chi connectivity index (χ4n) is 0.930. The number of aliphatic hydroxyl groups is 1. The molecule has 0 amide bonds. The minimum atomic E-state index is -1.67. The first-order valence-electron chi connectivity index (χ1n) is 4.24. The molecule has 0 radical (unpaired) electrons. The lowest BCUT2D eigenvalue weighted by Crippen LogP contribution is -1.97. The fraction of sp³-hybridized carbons (Fsp3) is 0.400. The molecule has 0 aliphatic rings. The molecule has 4 heteroatoms. The van der Waals surface area contributed by atoms with E-state index in [1.807, 2.05) is 13.0 Å². The van der Waals surface area contributed by atoms with Crippen LogP contribution in [-0.4, -0.2) is 11.5 Å². The van der Waals surface area contributed by atoms with Gasteiger partial charge in [-0.25, -0.2) is 8.78 Å². The van der Waals surface area contributed by atoms with Gasteiger partial charge in [-0.15, -0.1) is 0 Å². The SMILES string of the molecule is CC(O)F.Cc1cc(F)cc(CN)c1. The fourth-order valence-corrected chi connectivity index (χ4v) is 0.930. The zero-order chi connectivity index (χ0) is 11.1. The second-order valence-corrected chi connectivity index (χ2v) is 2.91. The molecule has 0 bridgehead atoms. The standard InChI is InChI=1S/C8H10FN.C2H5FO/c1-6-2-7(5-10)4-8(9)3-6;1-2(3)4/h2-4H,5,10H2,1H3;2,4H,1H3. The number of halogens is 2. The second-order valence-electron chi connectivity index (χ2n) is 2.91.